The zero-order valence-corrected chi connectivity index (χ0v) is 19.0. The lowest BCUT2D eigenvalue weighted by atomic mass is 9.92. The molecule has 1 heterocycles. The van der Waals surface area contributed by atoms with Crippen molar-refractivity contribution in [1.82, 2.24) is 4.90 Å². The Hall–Kier alpha value is -3.14. The average molecular weight is 463 g/mol. The van der Waals surface area contributed by atoms with Crippen molar-refractivity contribution in [3.8, 4) is 5.75 Å². The molecular formula is C22H27FN4O4S. The second-order valence-corrected chi connectivity index (χ2v) is 8.94. The smallest absolute Gasteiger partial charge is 0.346 e. The molecule has 0 saturated heterocycles. The summed E-state index contributed by atoms with van der Waals surface area (Å²) >= 11 is 0.926. The van der Waals surface area contributed by atoms with Gasteiger partial charge in [-0.1, -0.05) is 0 Å². The molecule has 1 saturated carbocycles. The number of amidine groups is 1. The molecule has 172 valence electrons. The van der Waals surface area contributed by atoms with E-state index in [2.05, 4.69) is 4.99 Å². The maximum Gasteiger partial charge on any atom is 0.346 e. The van der Waals surface area contributed by atoms with Gasteiger partial charge in [-0.05, 0) is 50.3 Å². The lowest BCUT2D eigenvalue weighted by Crippen LogP contribution is -2.40. The minimum absolute atomic E-state index is 0.0284. The molecule has 1 amide bonds. The second kappa shape index (κ2) is 9.56. The van der Waals surface area contributed by atoms with Gasteiger partial charge in [0.15, 0.2) is 0 Å². The molecule has 8 nitrogen and oxygen atoms in total. The first-order valence-corrected chi connectivity index (χ1v) is 11.1. The number of carboxylic acids is 1. The Morgan fingerprint density at radius 2 is 1.94 bits per heavy atom. The van der Waals surface area contributed by atoms with E-state index in [0.717, 1.165) is 37.0 Å². The van der Waals surface area contributed by atoms with Gasteiger partial charge in [0.25, 0.3) is 0 Å². The Bertz CT molecular complexity index is 1060. The van der Waals surface area contributed by atoms with Crippen LogP contribution in [0.5, 0.6) is 5.75 Å². The number of ether oxygens (including phenoxy) is 1. The van der Waals surface area contributed by atoms with Gasteiger partial charge in [0.05, 0.1) is 16.7 Å². The highest BCUT2D eigenvalue weighted by atomic mass is 32.1. The van der Waals surface area contributed by atoms with Crippen molar-refractivity contribution in [2.75, 3.05) is 12.8 Å². The van der Waals surface area contributed by atoms with Crippen molar-refractivity contribution in [2.45, 2.75) is 51.7 Å². The number of carbonyl (C=O) groups is 2. The zero-order valence-electron chi connectivity index (χ0n) is 18.2. The molecule has 1 fully saturated rings. The molecule has 1 aromatic heterocycles. The van der Waals surface area contributed by atoms with Crippen LogP contribution in [0.3, 0.4) is 0 Å². The number of hydrogen-bond donors (Lipinski definition) is 3. The Morgan fingerprint density at radius 3 is 2.50 bits per heavy atom. The first-order valence-electron chi connectivity index (χ1n) is 10.2. The average Bonchev–Trinajstić information content (AvgIpc) is 3.04. The van der Waals surface area contributed by atoms with Gasteiger partial charge in [-0.3, -0.25) is 4.79 Å². The van der Waals surface area contributed by atoms with Gasteiger partial charge in [0.1, 0.15) is 28.0 Å². The molecule has 1 aliphatic rings. The molecule has 2 aromatic rings. The molecule has 0 atom stereocenters. The predicted octanol–water partition coefficient (Wildman–Crippen LogP) is 3.68. The van der Waals surface area contributed by atoms with Crippen molar-refractivity contribution >= 4 is 39.7 Å². The Labute approximate surface area is 189 Å². The topological polar surface area (TPSA) is 131 Å². The SMILES string of the molecule is CC(=O)N(C)C1CCC(Oc2cc(F)ccc2N=C(N)c2c(N)sc(C(=O)O)c2C)CC1. The number of anilines is 1. The second-order valence-electron chi connectivity index (χ2n) is 7.89. The highest BCUT2D eigenvalue weighted by Gasteiger charge is 2.27. The zero-order chi connectivity index (χ0) is 23.6. The van der Waals surface area contributed by atoms with E-state index >= 15 is 0 Å². The molecule has 0 spiro atoms. The van der Waals surface area contributed by atoms with Crippen LogP contribution in [0.2, 0.25) is 0 Å². The van der Waals surface area contributed by atoms with E-state index in [-0.39, 0.29) is 39.5 Å². The number of rotatable bonds is 6. The number of hydrogen-bond acceptors (Lipinski definition) is 6. The largest absolute Gasteiger partial charge is 0.488 e. The minimum atomic E-state index is -1.09. The summed E-state index contributed by atoms with van der Waals surface area (Å²) in [5.41, 5.74) is 13.3. The van der Waals surface area contributed by atoms with Crippen LogP contribution in [0.4, 0.5) is 15.1 Å². The third-order valence-electron chi connectivity index (χ3n) is 5.77. The number of halogens is 1. The minimum Gasteiger partial charge on any atom is -0.488 e. The molecule has 0 unspecified atom stereocenters. The van der Waals surface area contributed by atoms with Crippen LogP contribution in [0.25, 0.3) is 0 Å². The molecule has 0 bridgehead atoms. The lowest BCUT2D eigenvalue weighted by molar-refractivity contribution is -0.130. The van der Waals surface area contributed by atoms with Crippen LogP contribution in [-0.4, -0.2) is 46.9 Å². The number of nitrogen functional groups attached to an aromatic ring is 1. The van der Waals surface area contributed by atoms with Crippen LogP contribution in [0, 0.1) is 12.7 Å². The molecule has 10 heteroatoms. The number of nitrogens with zero attached hydrogens (tertiary/aromatic N) is 2. The van der Waals surface area contributed by atoms with Gasteiger partial charge in [-0.25, -0.2) is 14.2 Å². The fourth-order valence-corrected chi connectivity index (χ4v) is 4.83. The van der Waals surface area contributed by atoms with E-state index in [4.69, 9.17) is 16.2 Å². The van der Waals surface area contributed by atoms with E-state index in [0.29, 0.717) is 16.8 Å². The van der Waals surface area contributed by atoms with Gasteiger partial charge >= 0.3 is 5.97 Å². The summed E-state index contributed by atoms with van der Waals surface area (Å²) in [6, 6.07) is 4.14. The normalized spacial score (nSPS) is 18.9. The fraction of sp³-hybridized carbons (Fsp3) is 0.409. The molecule has 3 rings (SSSR count). The third-order valence-corrected chi connectivity index (χ3v) is 6.88. The van der Waals surface area contributed by atoms with Gasteiger partial charge in [0, 0.05) is 26.1 Å². The Morgan fingerprint density at radius 1 is 1.28 bits per heavy atom. The van der Waals surface area contributed by atoms with Gasteiger partial charge < -0.3 is 26.2 Å². The van der Waals surface area contributed by atoms with Crippen LogP contribution in [-0.2, 0) is 4.79 Å². The number of carbonyl (C=O) groups excluding carboxylic acids is 1. The van der Waals surface area contributed by atoms with Crippen LogP contribution in [0.15, 0.2) is 23.2 Å². The van der Waals surface area contributed by atoms with E-state index in [1.54, 1.807) is 25.8 Å². The van der Waals surface area contributed by atoms with E-state index < -0.39 is 11.8 Å². The predicted molar refractivity (Wildman–Crippen MR) is 122 cm³/mol. The summed E-state index contributed by atoms with van der Waals surface area (Å²) < 4.78 is 20.0. The van der Waals surface area contributed by atoms with E-state index in [1.807, 2.05) is 0 Å². The first-order chi connectivity index (χ1) is 15.1. The standard InChI is InChI=1S/C22H27FN4O4S/c1-11-18(21(25)32-19(11)22(29)30)20(24)26-16-9-4-13(23)10-17(16)31-15-7-5-14(6-8-15)27(3)12(2)28/h4,9-10,14-15H,5-8,25H2,1-3H3,(H2,24,26)(H,29,30). The summed E-state index contributed by atoms with van der Waals surface area (Å²) in [5, 5.41) is 9.55. The summed E-state index contributed by atoms with van der Waals surface area (Å²) in [4.78, 5) is 29.2. The van der Waals surface area contributed by atoms with Crippen LogP contribution >= 0.6 is 11.3 Å². The maximum atomic E-state index is 14.0. The molecule has 0 radical (unpaired) electrons. The van der Waals surface area contributed by atoms with Crippen LogP contribution in [0.1, 0.15) is 53.4 Å². The number of carboxylic acid groups (broad SMARTS) is 1. The highest BCUT2D eigenvalue weighted by Crippen LogP contribution is 2.35. The van der Waals surface area contributed by atoms with Gasteiger partial charge in [0.2, 0.25) is 5.91 Å². The Kier molecular flexibility index (Phi) is 7.02. The van der Waals surface area contributed by atoms with E-state index in [1.165, 1.54) is 18.2 Å². The fourth-order valence-electron chi connectivity index (χ4n) is 3.91. The number of aromatic carboxylic acids is 1. The molecule has 32 heavy (non-hydrogen) atoms. The number of aliphatic imine (C=N–C) groups is 1. The van der Waals surface area contributed by atoms with Gasteiger partial charge in [-0.15, -0.1) is 11.3 Å². The molecular weight excluding hydrogens is 435 g/mol. The summed E-state index contributed by atoms with van der Waals surface area (Å²) in [7, 11) is 1.80. The maximum absolute atomic E-state index is 14.0. The van der Waals surface area contributed by atoms with Crippen molar-refractivity contribution in [2.24, 2.45) is 10.7 Å². The summed E-state index contributed by atoms with van der Waals surface area (Å²) in [5.74, 6) is -1.24. The molecule has 1 aromatic carbocycles. The number of thiophene rings is 1. The molecule has 0 aliphatic heterocycles. The van der Waals surface area contributed by atoms with Crippen molar-refractivity contribution in [1.29, 1.82) is 0 Å². The summed E-state index contributed by atoms with van der Waals surface area (Å²) in [6.45, 7) is 3.16. The van der Waals surface area contributed by atoms with Crippen molar-refractivity contribution in [3.05, 3.63) is 40.0 Å². The first kappa shape index (κ1) is 23.5. The van der Waals surface area contributed by atoms with Crippen LogP contribution < -0.4 is 16.2 Å². The number of benzene rings is 1. The van der Waals surface area contributed by atoms with E-state index in [9.17, 15) is 19.1 Å². The molecule has 1 aliphatic carbocycles. The number of amides is 1. The van der Waals surface area contributed by atoms with Crippen molar-refractivity contribution in [3.63, 3.8) is 0 Å². The van der Waals surface area contributed by atoms with Gasteiger partial charge in [-0.2, -0.15) is 0 Å². The molecule has 5 N–H and O–H groups in total. The summed E-state index contributed by atoms with van der Waals surface area (Å²) in [6.07, 6.45) is 2.88. The quantitative estimate of drug-likeness (QED) is 0.443. The lowest BCUT2D eigenvalue weighted by Gasteiger charge is -2.34. The monoisotopic (exact) mass is 462 g/mol. The highest BCUT2D eigenvalue weighted by molar-refractivity contribution is 7.18. The number of nitrogens with two attached hydrogens (primary N) is 2. The Balaban J connectivity index is 1.82. The third kappa shape index (κ3) is 5.01. The van der Waals surface area contributed by atoms with Crippen molar-refractivity contribution < 1.29 is 23.8 Å².